The number of hydrogen-bond donors (Lipinski definition) is 0. The quantitative estimate of drug-likeness (QED) is 0.654. The fourth-order valence-corrected chi connectivity index (χ4v) is 3.34. The van der Waals surface area contributed by atoms with E-state index in [0.717, 1.165) is 17.8 Å². The molecule has 0 bridgehead atoms. The predicted molar refractivity (Wildman–Crippen MR) is 89.7 cm³/mol. The monoisotopic (exact) mass is 376 g/mol. The fraction of sp³-hybridized carbons (Fsp3) is 0.176. The van der Waals surface area contributed by atoms with Gasteiger partial charge in [0.15, 0.2) is 0 Å². The number of fused-ring (bicyclic) bond motifs is 1. The molecule has 3 aromatic rings. The van der Waals surface area contributed by atoms with Crippen LogP contribution in [0.25, 0.3) is 5.65 Å². The number of rotatable bonds is 3. The normalized spacial score (nSPS) is 11.5. The second kappa shape index (κ2) is 6.80. The van der Waals surface area contributed by atoms with Gasteiger partial charge in [0.05, 0.1) is 16.8 Å². The van der Waals surface area contributed by atoms with Crippen LogP contribution in [0.5, 0.6) is 0 Å². The Bertz CT molecular complexity index is 1090. The third kappa shape index (κ3) is 3.55. The highest BCUT2D eigenvalue weighted by atomic mass is 32.2. The van der Waals surface area contributed by atoms with Crippen LogP contribution in [0.15, 0.2) is 46.3 Å². The largest absolute Gasteiger partial charge is 0.417 e. The molecule has 3 aromatic heterocycles. The van der Waals surface area contributed by atoms with Gasteiger partial charge in [0.25, 0.3) is 5.56 Å². The van der Waals surface area contributed by atoms with Crippen molar-refractivity contribution in [2.45, 2.75) is 23.9 Å². The number of halogens is 3. The first-order chi connectivity index (χ1) is 12.3. The van der Waals surface area contributed by atoms with Gasteiger partial charge in [-0.2, -0.15) is 18.4 Å². The van der Waals surface area contributed by atoms with E-state index < -0.39 is 17.3 Å². The summed E-state index contributed by atoms with van der Waals surface area (Å²) in [5.74, 6) is 0.114. The Morgan fingerprint density at radius 2 is 2.04 bits per heavy atom. The number of pyridine rings is 2. The van der Waals surface area contributed by atoms with Crippen LogP contribution in [0.3, 0.4) is 0 Å². The van der Waals surface area contributed by atoms with Gasteiger partial charge < -0.3 is 0 Å². The van der Waals surface area contributed by atoms with Crippen molar-refractivity contribution < 1.29 is 13.2 Å². The van der Waals surface area contributed by atoms with Crippen molar-refractivity contribution in [1.29, 1.82) is 5.26 Å². The van der Waals surface area contributed by atoms with Crippen molar-refractivity contribution in [1.82, 2.24) is 14.4 Å². The van der Waals surface area contributed by atoms with Crippen LogP contribution in [0, 0.1) is 18.3 Å². The number of nitrogens with zero attached hydrogens (tertiary/aromatic N) is 4. The highest BCUT2D eigenvalue weighted by Gasteiger charge is 2.35. The molecule has 0 fully saturated rings. The molecular weight excluding hydrogens is 365 g/mol. The molecule has 0 unspecified atom stereocenters. The molecule has 3 rings (SSSR count). The van der Waals surface area contributed by atoms with E-state index in [4.69, 9.17) is 5.26 Å². The molecule has 3 heterocycles. The maximum absolute atomic E-state index is 13.1. The Hall–Kier alpha value is -2.86. The molecule has 0 spiro atoms. The summed E-state index contributed by atoms with van der Waals surface area (Å²) in [6.07, 6.45) is -3.07. The molecule has 0 N–H and O–H groups in total. The first-order valence-electron chi connectivity index (χ1n) is 7.38. The van der Waals surface area contributed by atoms with E-state index >= 15 is 0 Å². The summed E-state index contributed by atoms with van der Waals surface area (Å²) in [7, 11) is 0. The van der Waals surface area contributed by atoms with Gasteiger partial charge in [0.1, 0.15) is 16.7 Å². The minimum Gasteiger partial charge on any atom is -0.269 e. The highest BCUT2D eigenvalue weighted by Crippen LogP contribution is 2.36. The van der Waals surface area contributed by atoms with E-state index in [1.165, 1.54) is 17.4 Å². The first-order valence-corrected chi connectivity index (χ1v) is 8.37. The third-order valence-corrected chi connectivity index (χ3v) is 4.52. The van der Waals surface area contributed by atoms with Crippen LogP contribution in [0.4, 0.5) is 13.2 Å². The Labute approximate surface area is 150 Å². The zero-order valence-corrected chi connectivity index (χ0v) is 14.2. The molecule has 0 amide bonds. The molecule has 0 saturated carbocycles. The minimum absolute atomic E-state index is 0.0325. The van der Waals surface area contributed by atoms with Crippen molar-refractivity contribution in [3.05, 3.63) is 69.4 Å². The van der Waals surface area contributed by atoms with Gasteiger partial charge >= 0.3 is 6.18 Å². The fourth-order valence-electron chi connectivity index (χ4n) is 2.40. The van der Waals surface area contributed by atoms with Crippen molar-refractivity contribution in [3.63, 3.8) is 0 Å². The number of aromatic nitrogens is 3. The minimum atomic E-state index is -4.64. The average molecular weight is 376 g/mol. The number of hydrogen-bond acceptors (Lipinski definition) is 5. The molecule has 0 atom stereocenters. The van der Waals surface area contributed by atoms with Crippen molar-refractivity contribution >= 4 is 17.4 Å². The summed E-state index contributed by atoms with van der Waals surface area (Å²) in [6, 6.07) is 8.82. The summed E-state index contributed by atoms with van der Waals surface area (Å²) in [5.41, 5.74) is -0.839. The van der Waals surface area contributed by atoms with Crippen LogP contribution in [-0.4, -0.2) is 14.4 Å². The van der Waals surface area contributed by atoms with Crippen molar-refractivity contribution in [3.8, 4) is 6.07 Å². The number of aryl methyl sites for hydroxylation is 1. The summed E-state index contributed by atoms with van der Waals surface area (Å²) < 4.78 is 40.8. The molecule has 0 aliphatic heterocycles. The molecule has 0 aliphatic carbocycles. The van der Waals surface area contributed by atoms with E-state index in [-0.39, 0.29) is 22.0 Å². The van der Waals surface area contributed by atoms with Gasteiger partial charge in [-0.1, -0.05) is 17.8 Å². The molecular formula is C17H11F3N4OS. The second-order valence-corrected chi connectivity index (χ2v) is 6.37. The summed E-state index contributed by atoms with van der Waals surface area (Å²) in [6.45, 7) is 1.43. The van der Waals surface area contributed by atoms with Gasteiger partial charge in [0, 0.05) is 23.7 Å². The lowest BCUT2D eigenvalue weighted by Crippen LogP contribution is -2.14. The van der Waals surface area contributed by atoms with E-state index in [9.17, 15) is 18.0 Å². The van der Waals surface area contributed by atoms with Gasteiger partial charge in [-0.05, 0) is 25.1 Å². The lowest BCUT2D eigenvalue weighted by atomic mass is 10.1. The van der Waals surface area contributed by atoms with Gasteiger partial charge in [0.2, 0.25) is 0 Å². The number of thioether (sulfide) groups is 1. The topological polar surface area (TPSA) is 71.0 Å². The standard InChI is InChI=1S/C17H11F3N4OS/c1-10-6-13(17(18,19)20)12(8-21)16(22-10)26-9-11-7-15(25)24-5-3-2-4-14(24)23-11/h2-7H,9H2,1H3. The van der Waals surface area contributed by atoms with E-state index in [0.29, 0.717) is 11.3 Å². The number of alkyl halides is 3. The smallest absolute Gasteiger partial charge is 0.269 e. The first kappa shape index (κ1) is 17.9. The van der Waals surface area contributed by atoms with Crippen LogP contribution in [0.2, 0.25) is 0 Å². The van der Waals surface area contributed by atoms with Gasteiger partial charge in [-0.3, -0.25) is 9.20 Å². The Balaban J connectivity index is 1.97. The van der Waals surface area contributed by atoms with Gasteiger partial charge in [-0.25, -0.2) is 9.97 Å². The van der Waals surface area contributed by atoms with Gasteiger partial charge in [-0.15, -0.1) is 0 Å². The van der Waals surface area contributed by atoms with Crippen LogP contribution >= 0.6 is 11.8 Å². The Morgan fingerprint density at radius 3 is 2.73 bits per heavy atom. The molecule has 5 nitrogen and oxygen atoms in total. The lowest BCUT2D eigenvalue weighted by Gasteiger charge is -2.12. The average Bonchev–Trinajstić information content (AvgIpc) is 2.58. The maximum atomic E-state index is 13.1. The zero-order chi connectivity index (χ0) is 18.9. The molecule has 9 heteroatoms. The SMILES string of the molecule is Cc1cc(C(F)(F)F)c(C#N)c(SCc2cc(=O)n3ccccc3n2)n1. The maximum Gasteiger partial charge on any atom is 0.417 e. The Morgan fingerprint density at radius 1 is 1.27 bits per heavy atom. The Kier molecular flexibility index (Phi) is 4.70. The highest BCUT2D eigenvalue weighted by molar-refractivity contribution is 7.98. The predicted octanol–water partition coefficient (Wildman–Crippen LogP) is 3.58. The van der Waals surface area contributed by atoms with E-state index in [2.05, 4.69) is 9.97 Å². The zero-order valence-electron chi connectivity index (χ0n) is 13.4. The number of nitriles is 1. The second-order valence-electron chi connectivity index (χ2n) is 5.40. The van der Waals surface area contributed by atoms with E-state index in [1.807, 2.05) is 0 Å². The molecule has 0 saturated heterocycles. The van der Waals surface area contributed by atoms with Crippen LogP contribution in [-0.2, 0) is 11.9 Å². The van der Waals surface area contributed by atoms with Crippen molar-refractivity contribution in [2.75, 3.05) is 0 Å². The van der Waals surface area contributed by atoms with Crippen LogP contribution in [0.1, 0.15) is 22.5 Å². The summed E-state index contributed by atoms with van der Waals surface area (Å²) in [4.78, 5) is 20.4. The lowest BCUT2D eigenvalue weighted by molar-refractivity contribution is -0.138. The molecule has 0 aromatic carbocycles. The third-order valence-electron chi connectivity index (χ3n) is 3.51. The molecule has 0 aliphatic rings. The summed E-state index contributed by atoms with van der Waals surface area (Å²) >= 11 is 0.942. The van der Waals surface area contributed by atoms with E-state index in [1.54, 1.807) is 30.5 Å². The molecule has 26 heavy (non-hydrogen) atoms. The molecule has 0 radical (unpaired) electrons. The van der Waals surface area contributed by atoms with Crippen molar-refractivity contribution in [2.24, 2.45) is 0 Å². The summed E-state index contributed by atoms with van der Waals surface area (Å²) in [5, 5.41) is 9.13. The molecule has 132 valence electrons. The van der Waals surface area contributed by atoms with Crippen LogP contribution < -0.4 is 5.56 Å².